The molecule has 2 aliphatic heterocycles. The Morgan fingerprint density at radius 1 is 1.40 bits per heavy atom. The Bertz CT molecular complexity index is 623. The second kappa shape index (κ2) is 4.94. The van der Waals surface area contributed by atoms with Crippen molar-refractivity contribution in [2.45, 2.75) is 44.6 Å². The minimum Gasteiger partial charge on any atom is -0.354 e. The molecule has 20 heavy (non-hydrogen) atoms. The number of nitrogens with zero attached hydrogens (tertiary/aromatic N) is 1. The maximum absolute atomic E-state index is 11.6. The number of H-pyrrole nitrogens is 2. The molecular weight excluding hydrogens is 254 g/mol. The second-order valence-electron chi connectivity index (χ2n) is 5.85. The van der Waals surface area contributed by atoms with E-state index in [2.05, 4.69) is 20.3 Å². The molecule has 3 aliphatic rings. The number of hydrogen-bond acceptors (Lipinski definition) is 4. The first-order valence-electron chi connectivity index (χ1n) is 7.18. The molecule has 0 amide bonds. The highest BCUT2D eigenvalue weighted by Crippen LogP contribution is 2.26. The fraction of sp³-hybridized carbons (Fsp3) is 0.571. The van der Waals surface area contributed by atoms with Crippen molar-refractivity contribution in [1.82, 2.24) is 15.0 Å². The van der Waals surface area contributed by atoms with E-state index in [1.807, 2.05) is 6.92 Å². The molecule has 1 fully saturated rings. The van der Waals surface area contributed by atoms with E-state index < -0.39 is 0 Å². The lowest BCUT2D eigenvalue weighted by molar-refractivity contribution is 0.310. The van der Waals surface area contributed by atoms with Crippen LogP contribution in [0.15, 0.2) is 11.0 Å². The first kappa shape index (κ1) is 13.2. The Balaban J connectivity index is 1.78. The Labute approximate surface area is 117 Å². The lowest BCUT2D eigenvalue weighted by Crippen LogP contribution is -2.47. The zero-order valence-electron chi connectivity index (χ0n) is 11.8. The van der Waals surface area contributed by atoms with E-state index >= 15 is 0 Å². The molecule has 108 valence electrons. The monoisotopic (exact) mass is 275 g/mol. The van der Waals surface area contributed by atoms with Gasteiger partial charge < -0.3 is 21.0 Å². The maximum atomic E-state index is 11.6. The van der Waals surface area contributed by atoms with Gasteiger partial charge in [0.15, 0.2) is 0 Å². The van der Waals surface area contributed by atoms with Gasteiger partial charge in [-0.25, -0.2) is 4.98 Å². The molecule has 0 aromatic rings. The molecular formula is C14H21N5O. The van der Waals surface area contributed by atoms with Crippen LogP contribution in [0, 0.1) is 6.92 Å². The van der Waals surface area contributed by atoms with Crippen molar-refractivity contribution in [2.24, 2.45) is 5.73 Å². The molecule has 0 atom stereocenters. The van der Waals surface area contributed by atoms with Crippen molar-refractivity contribution in [3.63, 3.8) is 0 Å². The highest BCUT2D eigenvalue weighted by molar-refractivity contribution is 5.63. The largest absolute Gasteiger partial charge is 0.354 e. The first-order chi connectivity index (χ1) is 9.57. The van der Waals surface area contributed by atoms with Gasteiger partial charge in [-0.2, -0.15) is 0 Å². The Morgan fingerprint density at radius 2 is 2.15 bits per heavy atom. The van der Waals surface area contributed by atoms with Crippen molar-refractivity contribution in [1.29, 1.82) is 0 Å². The number of anilines is 1. The summed E-state index contributed by atoms with van der Waals surface area (Å²) >= 11 is 0. The third-order valence-electron chi connectivity index (χ3n) is 4.20. The van der Waals surface area contributed by atoms with Crippen molar-refractivity contribution in [3.05, 3.63) is 22.2 Å². The molecule has 0 saturated heterocycles. The van der Waals surface area contributed by atoms with Crippen molar-refractivity contribution in [2.75, 3.05) is 11.9 Å². The van der Waals surface area contributed by atoms with Crippen LogP contribution < -0.4 is 16.6 Å². The predicted molar refractivity (Wildman–Crippen MR) is 79.1 cm³/mol. The number of aromatic amines is 2. The standard InChI is InChI=1S/C14H21N5O/c1-9-11-10(7-16-12(11)20)19-13(18-9)17-8-14(15)5-3-2-4-6-14/h7H,2-6,8,15H2,1H3,(H,16,20)(H2,17,18,19). The van der Waals surface area contributed by atoms with E-state index in [0.29, 0.717) is 18.1 Å². The summed E-state index contributed by atoms with van der Waals surface area (Å²) in [6.07, 6.45) is 7.46. The van der Waals surface area contributed by atoms with Gasteiger partial charge in [-0.3, -0.25) is 4.79 Å². The van der Waals surface area contributed by atoms with E-state index in [-0.39, 0.29) is 11.1 Å². The Hall–Kier alpha value is -1.82. The second-order valence-corrected chi connectivity index (χ2v) is 5.85. The summed E-state index contributed by atoms with van der Waals surface area (Å²) in [5.74, 6) is 0.671. The normalized spacial score (nSPS) is 18.3. The summed E-state index contributed by atoms with van der Waals surface area (Å²) in [5, 5.41) is 3.29. The van der Waals surface area contributed by atoms with Gasteiger partial charge in [0, 0.05) is 18.3 Å². The van der Waals surface area contributed by atoms with Crippen LogP contribution in [-0.2, 0) is 0 Å². The molecule has 0 unspecified atom stereocenters. The lowest BCUT2D eigenvalue weighted by atomic mass is 9.82. The van der Waals surface area contributed by atoms with E-state index in [1.165, 1.54) is 19.3 Å². The molecule has 1 aliphatic carbocycles. The molecule has 0 bridgehead atoms. The summed E-state index contributed by atoms with van der Waals surface area (Å²) in [7, 11) is 0. The van der Waals surface area contributed by atoms with Crippen LogP contribution in [0.2, 0.25) is 0 Å². The molecule has 0 aromatic carbocycles. The Kier molecular flexibility index (Phi) is 3.25. The van der Waals surface area contributed by atoms with Gasteiger partial charge in [-0.05, 0) is 19.8 Å². The molecule has 0 radical (unpaired) electrons. The van der Waals surface area contributed by atoms with Gasteiger partial charge in [-0.15, -0.1) is 0 Å². The molecule has 1 saturated carbocycles. The summed E-state index contributed by atoms with van der Waals surface area (Å²) in [6.45, 7) is 2.55. The Morgan fingerprint density at radius 3 is 2.90 bits per heavy atom. The van der Waals surface area contributed by atoms with E-state index in [1.54, 1.807) is 6.20 Å². The molecule has 5 N–H and O–H groups in total. The molecule has 6 nitrogen and oxygen atoms in total. The number of nitrogens with one attached hydrogen (secondary N) is 3. The quantitative estimate of drug-likeness (QED) is 0.683. The van der Waals surface area contributed by atoms with Crippen molar-refractivity contribution in [3.8, 4) is 11.3 Å². The van der Waals surface area contributed by atoms with Gasteiger partial charge in [-0.1, -0.05) is 19.3 Å². The predicted octanol–water partition coefficient (Wildman–Crippen LogP) is 1.58. The van der Waals surface area contributed by atoms with Crippen LogP contribution in [0.5, 0.6) is 0 Å². The third-order valence-corrected chi connectivity index (χ3v) is 4.20. The number of aromatic nitrogens is 3. The maximum Gasteiger partial charge on any atom is 0.259 e. The van der Waals surface area contributed by atoms with Crippen LogP contribution in [0.4, 0.5) is 5.95 Å². The van der Waals surface area contributed by atoms with Crippen molar-refractivity contribution < 1.29 is 0 Å². The van der Waals surface area contributed by atoms with Gasteiger partial charge >= 0.3 is 0 Å². The van der Waals surface area contributed by atoms with Crippen LogP contribution in [0.25, 0.3) is 11.3 Å². The average Bonchev–Trinajstić information content (AvgIpc) is 2.80. The molecule has 2 heterocycles. The highest BCUT2D eigenvalue weighted by Gasteiger charge is 2.27. The zero-order valence-corrected chi connectivity index (χ0v) is 11.8. The lowest BCUT2D eigenvalue weighted by Gasteiger charge is -2.33. The van der Waals surface area contributed by atoms with Gasteiger partial charge in [0.25, 0.3) is 5.56 Å². The molecule has 0 aromatic heterocycles. The summed E-state index contributed by atoms with van der Waals surface area (Å²) < 4.78 is 0. The number of rotatable bonds is 3. The van der Waals surface area contributed by atoms with Crippen LogP contribution in [0.3, 0.4) is 0 Å². The topological polar surface area (TPSA) is 99.6 Å². The third kappa shape index (κ3) is 2.43. The SMILES string of the molecule is Cc1nc(NCC2(N)CCCCC2)[nH]c2c[nH]c(=O)c1-2. The fourth-order valence-corrected chi connectivity index (χ4v) is 3.02. The minimum atomic E-state index is -0.140. The number of aryl methyl sites for hydroxylation is 1. The molecule has 6 heteroatoms. The fourth-order valence-electron chi connectivity index (χ4n) is 3.02. The van der Waals surface area contributed by atoms with Crippen LogP contribution in [-0.4, -0.2) is 27.0 Å². The molecule has 3 rings (SSSR count). The van der Waals surface area contributed by atoms with Crippen LogP contribution in [0.1, 0.15) is 37.8 Å². The van der Waals surface area contributed by atoms with Crippen molar-refractivity contribution >= 4 is 5.95 Å². The van der Waals surface area contributed by atoms with E-state index in [9.17, 15) is 4.79 Å². The van der Waals surface area contributed by atoms with E-state index in [0.717, 1.165) is 24.2 Å². The zero-order chi connectivity index (χ0) is 14.2. The van der Waals surface area contributed by atoms with E-state index in [4.69, 9.17) is 5.73 Å². The molecule has 0 spiro atoms. The number of fused-ring (bicyclic) bond motifs is 1. The first-order valence-corrected chi connectivity index (χ1v) is 7.18. The number of hydrogen-bond donors (Lipinski definition) is 4. The number of nitrogens with two attached hydrogens (primary N) is 1. The van der Waals surface area contributed by atoms with Crippen LogP contribution >= 0.6 is 0 Å². The minimum absolute atomic E-state index is 0.102. The highest BCUT2D eigenvalue weighted by atomic mass is 16.1. The van der Waals surface area contributed by atoms with Gasteiger partial charge in [0.2, 0.25) is 5.95 Å². The summed E-state index contributed by atoms with van der Waals surface area (Å²) in [5.41, 5.74) is 8.28. The summed E-state index contributed by atoms with van der Waals surface area (Å²) in [6, 6.07) is 0. The smallest absolute Gasteiger partial charge is 0.259 e. The van der Waals surface area contributed by atoms with Gasteiger partial charge in [0.1, 0.15) is 0 Å². The van der Waals surface area contributed by atoms with Gasteiger partial charge in [0.05, 0.1) is 17.0 Å². The summed E-state index contributed by atoms with van der Waals surface area (Å²) in [4.78, 5) is 21.8. The average molecular weight is 275 g/mol.